The molecule has 0 fully saturated rings. The molecule has 2 N–H and O–H groups in total. The van der Waals surface area contributed by atoms with Gasteiger partial charge >= 0.3 is 6.18 Å². The molecule has 3 aromatic rings. The van der Waals surface area contributed by atoms with Gasteiger partial charge in [-0.15, -0.1) is 11.3 Å². The zero-order chi connectivity index (χ0) is 15.2. The van der Waals surface area contributed by atoms with Gasteiger partial charge in [-0.3, -0.25) is 0 Å². The standard InChI is InChI=1S/C13H9BrF3N3S/c14-11-4-2-8(21-11)6-20-10-3-1-7(18)5-9(10)19-12(20)13(15,16)17/h1-5H,6,18H2. The van der Waals surface area contributed by atoms with E-state index in [2.05, 4.69) is 20.9 Å². The van der Waals surface area contributed by atoms with Gasteiger partial charge in [-0.25, -0.2) is 4.98 Å². The molecule has 0 radical (unpaired) electrons. The maximum atomic E-state index is 13.2. The van der Waals surface area contributed by atoms with Gasteiger partial charge in [-0.2, -0.15) is 13.2 Å². The Morgan fingerprint density at radius 2 is 2.00 bits per heavy atom. The number of hydrogen-bond acceptors (Lipinski definition) is 3. The van der Waals surface area contributed by atoms with Crippen molar-refractivity contribution in [3.63, 3.8) is 0 Å². The molecular weight excluding hydrogens is 367 g/mol. The summed E-state index contributed by atoms with van der Waals surface area (Å²) in [5, 5.41) is 0. The lowest BCUT2D eigenvalue weighted by molar-refractivity contribution is -0.146. The number of nitrogens with two attached hydrogens (primary N) is 1. The van der Waals surface area contributed by atoms with Crippen molar-refractivity contribution in [3.8, 4) is 0 Å². The number of halogens is 4. The quantitative estimate of drug-likeness (QED) is 0.669. The van der Waals surface area contributed by atoms with E-state index < -0.39 is 12.0 Å². The van der Waals surface area contributed by atoms with E-state index in [-0.39, 0.29) is 12.1 Å². The summed E-state index contributed by atoms with van der Waals surface area (Å²) in [6.07, 6.45) is -4.51. The van der Waals surface area contributed by atoms with Gasteiger partial charge in [0, 0.05) is 10.6 Å². The SMILES string of the molecule is Nc1ccc2c(c1)nc(C(F)(F)F)n2Cc1ccc(Br)s1. The molecule has 0 atom stereocenters. The van der Waals surface area contributed by atoms with Gasteiger partial charge in [0.05, 0.1) is 21.4 Å². The van der Waals surface area contributed by atoms with Crippen LogP contribution in [0.3, 0.4) is 0 Å². The van der Waals surface area contributed by atoms with E-state index in [0.29, 0.717) is 11.2 Å². The summed E-state index contributed by atoms with van der Waals surface area (Å²) in [6, 6.07) is 8.19. The number of imidazole rings is 1. The number of anilines is 1. The molecule has 2 heterocycles. The first-order valence-corrected chi connectivity index (χ1v) is 7.53. The van der Waals surface area contributed by atoms with Crippen LogP contribution in [0, 0.1) is 0 Å². The Morgan fingerprint density at radius 3 is 2.62 bits per heavy atom. The summed E-state index contributed by atoms with van der Waals surface area (Å²) in [4.78, 5) is 4.51. The molecule has 3 nitrogen and oxygen atoms in total. The van der Waals surface area contributed by atoms with E-state index >= 15 is 0 Å². The Labute approximate surface area is 130 Å². The summed E-state index contributed by atoms with van der Waals surface area (Å²) in [5.74, 6) is -0.910. The molecule has 21 heavy (non-hydrogen) atoms. The number of aromatic nitrogens is 2. The van der Waals surface area contributed by atoms with Gasteiger partial charge in [-0.1, -0.05) is 0 Å². The van der Waals surface area contributed by atoms with Gasteiger partial charge < -0.3 is 10.3 Å². The first-order chi connectivity index (χ1) is 9.84. The number of nitrogen functional groups attached to an aromatic ring is 1. The Balaban J connectivity index is 2.17. The number of thiophene rings is 1. The van der Waals surface area contributed by atoms with Crippen LogP contribution < -0.4 is 5.73 Å². The lowest BCUT2D eigenvalue weighted by Gasteiger charge is -2.10. The number of benzene rings is 1. The fraction of sp³-hybridized carbons (Fsp3) is 0.154. The highest BCUT2D eigenvalue weighted by atomic mass is 79.9. The molecule has 0 aliphatic carbocycles. The van der Waals surface area contributed by atoms with Crippen molar-refractivity contribution in [1.29, 1.82) is 0 Å². The highest BCUT2D eigenvalue weighted by molar-refractivity contribution is 9.11. The predicted molar refractivity (Wildman–Crippen MR) is 80.3 cm³/mol. The number of nitrogens with zero attached hydrogens (tertiary/aromatic N) is 2. The Morgan fingerprint density at radius 1 is 1.24 bits per heavy atom. The number of rotatable bonds is 2. The van der Waals surface area contributed by atoms with Gasteiger partial charge in [0.25, 0.3) is 0 Å². The van der Waals surface area contributed by atoms with E-state index in [1.54, 1.807) is 18.2 Å². The minimum absolute atomic E-state index is 0.117. The van der Waals surface area contributed by atoms with E-state index in [9.17, 15) is 13.2 Å². The molecule has 0 amide bonds. The van der Waals surface area contributed by atoms with Crippen molar-refractivity contribution in [1.82, 2.24) is 9.55 Å². The zero-order valence-electron chi connectivity index (χ0n) is 10.5. The minimum Gasteiger partial charge on any atom is -0.399 e. The average molecular weight is 376 g/mol. The monoisotopic (exact) mass is 375 g/mol. The van der Waals surface area contributed by atoms with Crippen molar-refractivity contribution >= 4 is 44.0 Å². The summed E-state index contributed by atoms with van der Waals surface area (Å²) < 4.78 is 41.6. The second-order valence-corrected chi connectivity index (χ2v) is 7.02. The largest absolute Gasteiger partial charge is 0.449 e. The summed E-state index contributed by atoms with van der Waals surface area (Å²) in [5.41, 5.74) is 6.67. The number of hydrogen-bond donors (Lipinski definition) is 1. The second kappa shape index (κ2) is 5.03. The van der Waals surface area contributed by atoms with Gasteiger partial charge in [0.1, 0.15) is 0 Å². The molecule has 0 spiro atoms. The van der Waals surface area contributed by atoms with Gasteiger partial charge in [0.15, 0.2) is 0 Å². The molecule has 0 saturated heterocycles. The molecule has 0 bridgehead atoms. The molecule has 3 rings (SSSR count). The Bertz CT molecular complexity index is 807. The topological polar surface area (TPSA) is 43.8 Å². The van der Waals surface area contributed by atoms with Crippen molar-refractivity contribution in [2.45, 2.75) is 12.7 Å². The zero-order valence-corrected chi connectivity index (χ0v) is 12.9. The minimum atomic E-state index is -4.51. The Hall–Kier alpha value is -1.54. The van der Waals surface area contributed by atoms with E-state index in [0.717, 1.165) is 8.66 Å². The first-order valence-electron chi connectivity index (χ1n) is 5.92. The van der Waals surface area contributed by atoms with Crippen LogP contribution >= 0.6 is 27.3 Å². The molecule has 1 aromatic carbocycles. The van der Waals surface area contributed by atoms with Crippen LogP contribution in [0.4, 0.5) is 18.9 Å². The lowest BCUT2D eigenvalue weighted by atomic mass is 10.3. The van der Waals surface area contributed by atoms with Gasteiger partial charge in [-0.05, 0) is 46.3 Å². The summed E-state index contributed by atoms with van der Waals surface area (Å²) in [6.45, 7) is 0.117. The molecule has 8 heteroatoms. The first kappa shape index (κ1) is 14.4. The van der Waals surface area contributed by atoms with Crippen LogP contribution in [-0.2, 0) is 12.7 Å². The highest BCUT2D eigenvalue weighted by Gasteiger charge is 2.37. The third-order valence-corrected chi connectivity index (χ3v) is 4.58. The van der Waals surface area contributed by atoms with Crippen LogP contribution in [0.5, 0.6) is 0 Å². The fourth-order valence-corrected chi connectivity index (χ4v) is 3.59. The van der Waals surface area contributed by atoms with Crippen LogP contribution in [0.15, 0.2) is 34.1 Å². The fourth-order valence-electron chi connectivity index (χ4n) is 2.12. The van der Waals surface area contributed by atoms with Crippen molar-refractivity contribution < 1.29 is 13.2 Å². The number of alkyl halides is 3. The van der Waals surface area contributed by atoms with Crippen LogP contribution in [0.25, 0.3) is 11.0 Å². The van der Waals surface area contributed by atoms with Gasteiger partial charge in [0.2, 0.25) is 5.82 Å². The predicted octanol–water partition coefficient (Wildman–Crippen LogP) is 4.51. The molecule has 0 aliphatic rings. The third kappa shape index (κ3) is 2.77. The second-order valence-electron chi connectivity index (χ2n) is 4.47. The number of fused-ring (bicyclic) bond motifs is 1. The average Bonchev–Trinajstić information content (AvgIpc) is 2.93. The Kier molecular flexibility index (Phi) is 3.45. The highest BCUT2D eigenvalue weighted by Crippen LogP contribution is 2.33. The molecule has 0 aliphatic heterocycles. The van der Waals surface area contributed by atoms with Crippen LogP contribution in [0.1, 0.15) is 10.7 Å². The summed E-state index contributed by atoms with van der Waals surface area (Å²) >= 11 is 4.70. The molecule has 0 saturated carbocycles. The smallest absolute Gasteiger partial charge is 0.399 e. The molecule has 2 aromatic heterocycles. The molecule has 110 valence electrons. The van der Waals surface area contributed by atoms with Crippen molar-refractivity contribution in [2.24, 2.45) is 0 Å². The van der Waals surface area contributed by atoms with Crippen LogP contribution in [-0.4, -0.2) is 9.55 Å². The van der Waals surface area contributed by atoms with Crippen molar-refractivity contribution in [2.75, 3.05) is 5.73 Å². The third-order valence-electron chi connectivity index (χ3n) is 2.97. The lowest BCUT2D eigenvalue weighted by Crippen LogP contribution is -2.15. The van der Waals surface area contributed by atoms with E-state index in [4.69, 9.17) is 5.73 Å². The maximum absolute atomic E-state index is 13.2. The van der Waals surface area contributed by atoms with Crippen LogP contribution in [0.2, 0.25) is 0 Å². The maximum Gasteiger partial charge on any atom is 0.449 e. The van der Waals surface area contributed by atoms with E-state index in [1.165, 1.54) is 22.0 Å². The van der Waals surface area contributed by atoms with E-state index in [1.807, 2.05) is 6.07 Å². The van der Waals surface area contributed by atoms with Crippen molar-refractivity contribution in [3.05, 3.63) is 44.8 Å². The summed E-state index contributed by atoms with van der Waals surface area (Å²) in [7, 11) is 0. The normalized spacial score (nSPS) is 12.2. The molecule has 0 unspecified atom stereocenters. The molecular formula is C13H9BrF3N3S.